The molecule has 3 heterocycles. The molecule has 0 saturated heterocycles. The van der Waals surface area contributed by atoms with Gasteiger partial charge in [0, 0.05) is 17.3 Å². The van der Waals surface area contributed by atoms with Gasteiger partial charge in [-0.05, 0) is 67.0 Å². The van der Waals surface area contributed by atoms with E-state index in [0.717, 1.165) is 31.8 Å². The highest BCUT2D eigenvalue weighted by Gasteiger charge is 2.38. The Morgan fingerprint density at radius 1 is 1.18 bits per heavy atom. The van der Waals surface area contributed by atoms with E-state index in [4.69, 9.17) is 4.42 Å². The molecule has 0 radical (unpaired) electrons. The number of benzene rings is 1. The molecule has 2 aromatic heterocycles. The minimum absolute atomic E-state index is 0.0379. The van der Waals surface area contributed by atoms with E-state index in [1.807, 2.05) is 6.07 Å². The predicted molar refractivity (Wildman–Crippen MR) is 129 cm³/mol. The second kappa shape index (κ2) is 8.82. The quantitative estimate of drug-likeness (QED) is 0.465. The maximum absolute atomic E-state index is 12.6. The summed E-state index contributed by atoms with van der Waals surface area (Å²) < 4.78 is 7.79. The second-order valence-electron chi connectivity index (χ2n) is 9.97. The van der Waals surface area contributed by atoms with Crippen LogP contribution in [-0.2, 0) is 17.8 Å². The van der Waals surface area contributed by atoms with Gasteiger partial charge in [0.25, 0.3) is 5.91 Å². The van der Waals surface area contributed by atoms with Crippen LogP contribution >= 0.6 is 0 Å². The van der Waals surface area contributed by atoms with Crippen molar-refractivity contribution >= 4 is 23.0 Å². The number of furan rings is 1. The van der Waals surface area contributed by atoms with Crippen LogP contribution in [0.25, 0.3) is 10.9 Å². The molecule has 6 rings (SSSR count). The van der Waals surface area contributed by atoms with Crippen LogP contribution in [-0.4, -0.2) is 29.8 Å². The summed E-state index contributed by atoms with van der Waals surface area (Å²) in [5.74, 6) is 1.33. The van der Waals surface area contributed by atoms with E-state index >= 15 is 0 Å². The average molecular weight is 446 g/mol. The summed E-state index contributed by atoms with van der Waals surface area (Å²) >= 11 is 0. The van der Waals surface area contributed by atoms with E-state index in [0.29, 0.717) is 18.3 Å². The number of hydrazone groups is 1. The zero-order valence-corrected chi connectivity index (χ0v) is 19.2. The van der Waals surface area contributed by atoms with Gasteiger partial charge in [0.1, 0.15) is 11.8 Å². The van der Waals surface area contributed by atoms with Crippen molar-refractivity contribution in [1.29, 1.82) is 0 Å². The number of aromatic nitrogens is 1. The number of quaternary nitrogens is 1. The Bertz CT molecular complexity index is 1170. The van der Waals surface area contributed by atoms with Crippen LogP contribution in [0.4, 0.5) is 0 Å². The van der Waals surface area contributed by atoms with Crippen molar-refractivity contribution in [3.63, 3.8) is 0 Å². The molecule has 3 aliphatic rings. The third kappa shape index (κ3) is 3.90. The second-order valence-corrected chi connectivity index (χ2v) is 9.97. The van der Waals surface area contributed by atoms with Crippen molar-refractivity contribution in [2.24, 2.45) is 5.10 Å². The van der Waals surface area contributed by atoms with Crippen molar-refractivity contribution in [2.45, 2.75) is 69.9 Å². The molecule has 33 heavy (non-hydrogen) atoms. The normalized spacial score (nSPS) is 23.2. The summed E-state index contributed by atoms with van der Waals surface area (Å²) in [5.41, 5.74) is 8.67. The van der Waals surface area contributed by atoms with E-state index < -0.39 is 0 Å². The Hall–Kier alpha value is -2.86. The van der Waals surface area contributed by atoms with Gasteiger partial charge in [0.2, 0.25) is 0 Å². The molecule has 0 spiro atoms. The number of carbonyl (C=O) groups is 1. The third-order valence-electron chi connectivity index (χ3n) is 8.02. The predicted octanol–water partition coefficient (Wildman–Crippen LogP) is 3.71. The molecule has 2 aliphatic carbocycles. The first-order valence-electron chi connectivity index (χ1n) is 12.6. The first-order chi connectivity index (χ1) is 16.3. The summed E-state index contributed by atoms with van der Waals surface area (Å²) in [6, 6.07) is 11.3. The standard InChI is InChI=1S/C27H32N4O2/c32-26(29-28-17-21-8-5-15-33-21)18-30-13-14-31-24-12-11-20(19-6-2-1-3-7-19)16-23(24)22-9-4-10-25(30)27(22)31/h5,8,11-12,15-17,19,25H,1-4,6-7,9-10,13-14,18H2,(H,29,32)/p+1/b28-17+/t25-/m1/s1. The molecule has 1 aliphatic heterocycles. The Labute approximate surface area is 194 Å². The van der Waals surface area contributed by atoms with E-state index in [1.165, 1.54) is 60.0 Å². The number of nitrogens with zero attached hydrogens (tertiary/aromatic N) is 2. The Morgan fingerprint density at radius 2 is 2.09 bits per heavy atom. The smallest absolute Gasteiger partial charge is 0.295 e. The van der Waals surface area contributed by atoms with Crippen LogP contribution in [0.15, 0.2) is 46.1 Å². The van der Waals surface area contributed by atoms with Crippen LogP contribution in [0.2, 0.25) is 0 Å². The first kappa shape index (κ1) is 20.7. The van der Waals surface area contributed by atoms with Gasteiger partial charge >= 0.3 is 0 Å². The van der Waals surface area contributed by atoms with Gasteiger partial charge in [-0.2, -0.15) is 5.10 Å². The minimum Gasteiger partial charge on any atom is -0.463 e. The number of rotatable bonds is 5. The molecule has 1 fully saturated rings. The largest absolute Gasteiger partial charge is 0.463 e. The lowest BCUT2D eigenvalue weighted by Crippen LogP contribution is -3.14. The zero-order valence-electron chi connectivity index (χ0n) is 19.2. The highest BCUT2D eigenvalue weighted by Crippen LogP contribution is 2.40. The maximum atomic E-state index is 12.6. The van der Waals surface area contributed by atoms with Gasteiger partial charge in [-0.25, -0.2) is 5.43 Å². The van der Waals surface area contributed by atoms with Gasteiger partial charge in [0.05, 0.1) is 31.3 Å². The number of nitrogens with one attached hydrogen (secondary N) is 2. The highest BCUT2D eigenvalue weighted by atomic mass is 16.3. The Balaban J connectivity index is 1.23. The topological polar surface area (TPSA) is 64.0 Å². The summed E-state index contributed by atoms with van der Waals surface area (Å²) in [4.78, 5) is 14.0. The fourth-order valence-corrected chi connectivity index (χ4v) is 6.49. The highest BCUT2D eigenvalue weighted by molar-refractivity contribution is 5.87. The van der Waals surface area contributed by atoms with E-state index in [1.54, 1.807) is 29.7 Å². The summed E-state index contributed by atoms with van der Waals surface area (Å²) in [5, 5.41) is 5.54. The van der Waals surface area contributed by atoms with Crippen molar-refractivity contribution in [3.8, 4) is 0 Å². The molecule has 172 valence electrons. The minimum atomic E-state index is -0.0379. The molecule has 1 saturated carbocycles. The lowest BCUT2D eigenvalue weighted by Gasteiger charge is -2.36. The van der Waals surface area contributed by atoms with Crippen molar-refractivity contribution in [3.05, 3.63) is 59.2 Å². The lowest BCUT2D eigenvalue weighted by molar-refractivity contribution is -0.929. The molecule has 1 unspecified atom stereocenters. The third-order valence-corrected chi connectivity index (χ3v) is 8.02. The number of amides is 1. The van der Waals surface area contributed by atoms with Gasteiger partial charge in [-0.1, -0.05) is 25.3 Å². The molecule has 1 aromatic carbocycles. The van der Waals surface area contributed by atoms with Crippen LogP contribution < -0.4 is 10.3 Å². The molecule has 6 nitrogen and oxygen atoms in total. The molecule has 0 bridgehead atoms. The van der Waals surface area contributed by atoms with Crippen LogP contribution in [0.1, 0.15) is 79.5 Å². The van der Waals surface area contributed by atoms with Crippen LogP contribution in [0.5, 0.6) is 0 Å². The van der Waals surface area contributed by atoms with Gasteiger partial charge in [-0.3, -0.25) is 4.79 Å². The number of fused-ring (bicyclic) bond motifs is 3. The fourth-order valence-electron chi connectivity index (χ4n) is 6.49. The molecule has 1 amide bonds. The molecule has 2 atom stereocenters. The van der Waals surface area contributed by atoms with E-state index in [2.05, 4.69) is 33.3 Å². The van der Waals surface area contributed by atoms with Crippen molar-refractivity contribution in [2.75, 3.05) is 13.1 Å². The molecule has 6 heteroatoms. The molecular weight excluding hydrogens is 412 g/mol. The van der Waals surface area contributed by atoms with Crippen LogP contribution in [0, 0.1) is 0 Å². The maximum Gasteiger partial charge on any atom is 0.295 e. The zero-order chi connectivity index (χ0) is 22.2. The summed E-state index contributed by atoms with van der Waals surface area (Å²) in [6.07, 6.45) is 13.5. The van der Waals surface area contributed by atoms with E-state index in [9.17, 15) is 4.79 Å². The number of hydrogen-bond donors (Lipinski definition) is 2. The first-order valence-corrected chi connectivity index (χ1v) is 12.6. The van der Waals surface area contributed by atoms with Gasteiger partial charge in [-0.15, -0.1) is 0 Å². The van der Waals surface area contributed by atoms with E-state index in [-0.39, 0.29) is 5.91 Å². The van der Waals surface area contributed by atoms with Gasteiger partial charge < -0.3 is 13.9 Å². The monoisotopic (exact) mass is 445 g/mol. The lowest BCUT2D eigenvalue weighted by atomic mass is 9.83. The number of aryl methyl sites for hydroxylation is 1. The van der Waals surface area contributed by atoms with Crippen molar-refractivity contribution in [1.82, 2.24) is 9.99 Å². The molecular formula is C27H33N4O2+. The number of carbonyl (C=O) groups excluding carboxylic acids is 1. The summed E-state index contributed by atoms with van der Waals surface area (Å²) in [7, 11) is 0. The Kier molecular flexibility index (Phi) is 5.54. The van der Waals surface area contributed by atoms with Crippen molar-refractivity contribution < 1.29 is 14.1 Å². The number of hydrogen-bond acceptors (Lipinski definition) is 3. The SMILES string of the molecule is O=C(C[NH+]1CCn2c3c(c4cc(C5CCCCC5)ccc42)CCC[C@H]31)N/N=C/c1ccco1. The average Bonchev–Trinajstić information content (AvgIpc) is 3.48. The van der Waals surface area contributed by atoms with Gasteiger partial charge in [0.15, 0.2) is 6.54 Å². The van der Waals surface area contributed by atoms with Crippen LogP contribution in [0.3, 0.4) is 0 Å². The molecule has 2 N–H and O–H groups in total. The fraction of sp³-hybridized carbons (Fsp3) is 0.481. The Morgan fingerprint density at radius 3 is 2.94 bits per heavy atom. The molecule has 3 aromatic rings. The summed E-state index contributed by atoms with van der Waals surface area (Å²) in [6.45, 7) is 2.40.